The lowest BCUT2D eigenvalue weighted by Gasteiger charge is -2.25. The van der Waals surface area contributed by atoms with Crippen molar-refractivity contribution in [3.8, 4) is 5.88 Å². The monoisotopic (exact) mass is 285 g/mol. The highest BCUT2D eigenvalue weighted by Crippen LogP contribution is 2.29. The maximum atomic E-state index is 5.99. The highest BCUT2D eigenvalue weighted by molar-refractivity contribution is 5.19. The van der Waals surface area contributed by atoms with Crippen LogP contribution in [0.25, 0.3) is 0 Å². The van der Waals surface area contributed by atoms with Crippen molar-refractivity contribution >= 4 is 0 Å². The van der Waals surface area contributed by atoms with Gasteiger partial charge in [0.15, 0.2) is 0 Å². The van der Waals surface area contributed by atoms with Gasteiger partial charge in [-0.05, 0) is 31.4 Å². The van der Waals surface area contributed by atoms with Crippen molar-refractivity contribution < 1.29 is 4.74 Å². The van der Waals surface area contributed by atoms with Crippen LogP contribution in [0.15, 0.2) is 36.4 Å². The van der Waals surface area contributed by atoms with E-state index < -0.39 is 0 Å². The van der Waals surface area contributed by atoms with E-state index in [1.807, 2.05) is 29.9 Å². The van der Waals surface area contributed by atoms with Gasteiger partial charge in [0.1, 0.15) is 6.61 Å². The van der Waals surface area contributed by atoms with E-state index in [9.17, 15) is 0 Å². The summed E-state index contributed by atoms with van der Waals surface area (Å²) in [5.41, 5.74) is 2.23. The fourth-order valence-corrected chi connectivity index (χ4v) is 2.62. The van der Waals surface area contributed by atoms with Gasteiger partial charge in [0.25, 0.3) is 0 Å². The summed E-state index contributed by atoms with van der Waals surface area (Å²) in [5.74, 6) is 1.66. The van der Waals surface area contributed by atoms with Gasteiger partial charge in [0, 0.05) is 19.2 Å². The predicted octanol–water partition coefficient (Wildman–Crippen LogP) is 2.98. The van der Waals surface area contributed by atoms with Crippen molar-refractivity contribution in [2.24, 2.45) is 5.92 Å². The van der Waals surface area contributed by atoms with E-state index >= 15 is 0 Å². The predicted molar refractivity (Wildman–Crippen MR) is 83.1 cm³/mol. The third-order valence-corrected chi connectivity index (χ3v) is 4.04. The molecule has 1 aromatic carbocycles. The number of hydrogen-bond donors (Lipinski definition) is 1. The van der Waals surface area contributed by atoms with Gasteiger partial charge in [-0.3, -0.25) is 0 Å². The number of rotatable bonds is 7. The molecule has 0 atom stereocenters. The van der Waals surface area contributed by atoms with Crippen LogP contribution < -0.4 is 10.1 Å². The topological polar surface area (TPSA) is 39.1 Å². The molecule has 4 heteroatoms. The summed E-state index contributed by atoms with van der Waals surface area (Å²) in [5, 5.41) is 7.81. The second-order valence-electron chi connectivity index (χ2n) is 5.76. The normalized spacial score (nSPS) is 14.9. The molecular weight excluding hydrogens is 262 g/mol. The molecule has 2 aromatic rings. The summed E-state index contributed by atoms with van der Waals surface area (Å²) in [6.07, 6.45) is 3.99. The van der Waals surface area contributed by atoms with Crippen LogP contribution in [0.1, 0.15) is 30.5 Å². The standard InChI is InChI=1S/C17H23N3O/c1-18-11-16-10-17(20(19-16)12-14-8-5-9-14)21-13-15-6-3-2-4-7-15/h2-4,6-7,10,14,18H,5,8-9,11-13H2,1H3. The lowest BCUT2D eigenvalue weighted by Crippen LogP contribution is -2.19. The molecule has 1 N–H and O–H groups in total. The highest BCUT2D eigenvalue weighted by atomic mass is 16.5. The number of hydrogen-bond acceptors (Lipinski definition) is 3. The van der Waals surface area contributed by atoms with E-state index in [4.69, 9.17) is 4.74 Å². The van der Waals surface area contributed by atoms with Crippen LogP contribution in [0.5, 0.6) is 5.88 Å². The molecule has 1 saturated carbocycles. The molecule has 0 saturated heterocycles. The van der Waals surface area contributed by atoms with Gasteiger partial charge in [-0.2, -0.15) is 5.10 Å². The molecule has 0 bridgehead atoms. The summed E-state index contributed by atoms with van der Waals surface area (Å²) < 4.78 is 8.03. The van der Waals surface area contributed by atoms with Crippen molar-refractivity contribution in [1.82, 2.24) is 15.1 Å². The SMILES string of the molecule is CNCc1cc(OCc2ccccc2)n(CC2CCC2)n1. The Labute approximate surface area is 126 Å². The van der Waals surface area contributed by atoms with E-state index in [0.29, 0.717) is 6.61 Å². The zero-order valence-electron chi connectivity index (χ0n) is 12.6. The highest BCUT2D eigenvalue weighted by Gasteiger charge is 2.20. The van der Waals surface area contributed by atoms with Crippen molar-refractivity contribution in [3.63, 3.8) is 0 Å². The molecule has 1 aliphatic carbocycles. The van der Waals surface area contributed by atoms with Crippen LogP contribution in [0.2, 0.25) is 0 Å². The van der Waals surface area contributed by atoms with Crippen LogP contribution in [0.4, 0.5) is 0 Å². The Morgan fingerprint density at radius 1 is 1.29 bits per heavy atom. The van der Waals surface area contributed by atoms with Crippen molar-refractivity contribution in [2.75, 3.05) is 7.05 Å². The minimum atomic E-state index is 0.593. The van der Waals surface area contributed by atoms with Gasteiger partial charge in [0.2, 0.25) is 5.88 Å². The first kappa shape index (κ1) is 14.1. The Morgan fingerprint density at radius 3 is 2.76 bits per heavy atom. The molecule has 1 fully saturated rings. The molecular formula is C17H23N3O. The van der Waals surface area contributed by atoms with Crippen LogP contribution in [0.3, 0.4) is 0 Å². The first-order chi connectivity index (χ1) is 10.3. The second-order valence-corrected chi connectivity index (χ2v) is 5.76. The van der Waals surface area contributed by atoms with Crippen molar-refractivity contribution in [1.29, 1.82) is 0 Å². The average Bonchev–Trinajstić information content (AvgIpc) is 2.84. The zero-order valence-corrected chi connectivity index (χ0v) is 12.6. The molecule has 21 heavy (non-hydrogen) atoms. The largest absolute Gasteiger partial charge is 0.473 e. The van der Waals surface area contributed by atoms with Crippen molar-refractivity contribution in [3.05, 3.63) is 47.7 Å². The molecule has 0 aliphatic heterocycles. The molecule has 1 aliphatic rings. The van der Waals surface area contributed by atoms with E-state index in [2.05, 4.69) is 28.6 Å². The first-order valence-corrected chi connectivity index (χ1v) is 7.73. The molecule has 1 aromatic heterocycles. The van der Waals surface area contributed by atoms with Crippen molar-refractivity contribution in [2.45, 2.75) is 39.0 Å². The van der Waals surface area contributed by atoms with Gasteiger partial charge >= 0.3 is 0 Å². The maximum absolute atomic E-state index is 5.99. The quantitative estimate of drug-likeness (QED) is 0.850. The number of ether oxygens (including phenoxy) is 1. The minimum absolute atomic E-state index is 0.593. The molecule has 3 rings (SSSR count). The second kappa shape index (κ2) is 6.76. The molecule has 0 amide bonds. The van der Waals surface area contributed by atoms with Gasteiger partial charge in [-0.25, -0.2) is 4.68 Å². The van der Waals surface area contributed by atoms with E-state index in [-0.39, 0.29) is 0 Å². The fraction of sp³-hybridized carbons (Fsp3) is 0.471. The van der Waals surface area contributed by atoms with Crippen LogP contribution >= 0.6 is 0 Å². The first-order valence-electron chi connectivity index (χ1n) is 7.73. The van der Waals surface area contributed by atoms with Crippen LogP contribution in [-0.4, -0.2) is 16.8 Å². The minimum Gasteiger partial charge on any atom is -0.473 e. The Hall–Kier alpha value is -1.81. The summed E-state index contributed by atoms with van der Waals surface area (Å²) in [6.45, 7) is 2.35. The zero-order chi connectivity index (χ0) is 14.5. The summed E-state index contributed by atoms with van der Waals surface area (Å²) in [6, 6.07) is 12.3. The number of benzene rings is 1. The van der Waals surface area contributed by atoms with E-state index in [1.165, 1.54) is 24.8 Å². The van der Waals surface area contributed by atoms with Crippen LogP contribution in [0, 0.1) is 5.92 Å². The van der Waals surface area contributed by atoms with Crippen LogP contribution in [-0.2, 0) is 19.7 Å². The lowest BCUT2D eigenvalue weighted by atomic mass is 9.85. The Bertz CT molecular complexity index is 561. The smallest absolute Gasteiger partial charge is 0.212 e. The summed E-state index contributed by atoms with van der Waals surface area (Å²) in [4.78, 5) is 0. The Kier molecular flexibility index (Phi) is 4.55. The van der Waals surface area contributed by atoms with Gasteiger partial charge in [-0.1, -0.05) is 36.8 Å². The third-order valence-electron chi connectivity index (χ3n) is 4.04. The molecule has 0 spiro atoms. The van der Waals surface area contributed by atoms with Gasteiger partial charge in [0.05, 0.1) is 5.69 Å². The summed E-state index contributed by atoms with van der Waals surface area (Å²) >= 11 is 0. The van der Waals surface area contributed by atoms with Gasteiger partial charge in [-0.15, -0.1) is 0 Å². The molecule has 4 nitrogen and oxygen atoms in total. The number of aromatic nitrogens is 2. The Morgan fingerprint density at radius 2 is 2.10 bits per heavy atom. The summed E-state index contributed by atoms with van der Waals surface area (Å²) in [7, 11) is 1.94. The lowest BCUT2D eigenvalue weighted by molar-refractivity contribution is 0.226. The molecule has 0 radical (unpaired) electrons. The Balaban J connectivity index is 1.68. The number of nitrogens with zero attached hydrogens (tertiary/aromatic N) is 2. The van der Waals surface area contributed by atoms with E-state index in [0.717, 1.165) is 30.6 Å². The maximum Gasteiger partial charge on any atom is 0.212 e. The molecule has 112 valence electrons. The third kappa shape index (κ3) is 3.64. The average molecular weight is 285 g/mol. The number of nitrogens with one attached hydrogen (secondary N) is 1. The molecule has 0 unspecified atom stereocenters. The fourth-order valence-electron chi connectivity index (χ4n) is 2.62. The van der Waals surface area contributed by atoms with E-state index in [1.54, 1.807) is 0 Å². The van der Waals surface area contributed by atoms with Gasteiger partial charge < -0.3 is 10.1 Å². The molecule has 1 heterocycles.